The van der Waals surface area contributed by atoms with E-state index in [1.165, 1.54) is 6.92 Å². The number of nitrogens with one attached hydrogen (secondary N) is 2. The molecule has 3 aromatic heterocycles. The molecular formula is C65H41F16N5O5S6. The molecule has 1 unspecified atom stereocenters. The standard InChI is InChI=1S/C65H41F16N5O5S6/c1-65(25-82,97-64(92)26-5-3-2-4-6-26)16-15-35(90)91-20-24-96-63-58(80)50(72)43(51(73)59(63)81)39-33-13-11-31(85-33)37(41-46(68)54(76)61(94-22-18-88)55(77)47(41)69)29-9-7-27(83-29)36(40-44(66)52(74)60(93-21-17-87)53(75)45(40)67)28-8-10-30(84-28)38(32-12-14-34(39)86-32)42-48(70)56(78)62(95-23-19-89)57(79)49(42)71/h2-14,83,86-89H,15-24H2,1H3. The number of thiocarbonyl (C=S) groups is 1. The number of halogens is 16. The minimum atomic E-state index is -2.22. The van der Waals surface area contributed by atoms with Crippen molar-refractivity contribution in [2.75, 3.05) is 49.4 Å². The fraction of sp³-hybridized carbons (Fsp3) is 0.185. The van der Waals surface area contributed by atoms with Gasteiger partial charge in [0.15, 0.2) is 93.1 Å². The topological polar surface area (TPSA) is 168 Å². The molecule has 10 rings (SSSR count). The van der Waals surface area contributed by atoms with Gasteiger partial charge in [-0.15, -0.1) is 47.0 Å². The monoisotopic (exact) mass is 1470 g/mol. The van der Waals surface area contributed by atoms with E-state index in [1.807, 2.05) is 0 Å². The summed E-state index contributed by atoms with van der Waals surface area (Å²) in [5.41, 5.74) is -16.9. The predicted molar refractivity (Wildman–Crippen MR) is 344 cm³/mol. The summed E-state index contributed by atoms with van der Waals surface area (Å²) >= 11 is 6.99. The number of esters is 1. The number of rotatable bonds is 22. The van der Waals surface area contributed by atoms with E-state index in [1.54, 1.807) is 30.3 Å². The molecule has 32 heteroatoms. The molecular weight excluding hydrogens is 1430 g/mol. The van der Waals surface area contributed by atoms with Crippen LogP contribution in [0, 0.1) is 104 Å². The molecule has 1 atom stereocenters. The van der Waals surface area contributed by atoms with Crippen LogP contribution in [0.4, 0.5) is 70.2 Å². The zero-order chi connectivity index (χ0) is 70.1. The lowest BCUT2D eigenvalue weighted by molar-refractivity contribution is -0.143. The van der Waals surface area contributed by atoms with Crippen LogP contribution in [0.3, 0.4) is 0 Å². The van der Waals surface area contributed by atoms with Gasteiger partial charge in [0.1, 0.15) is 11.4 Å². The van der Waals surface area contributed by atoms with Crippen LogP contribution in [0.15, 0.2) is 74.2 Å². The Balaban J connectivity index is 1.23. The second-order valence-electron chi connectivity index (χ2n) is 20.7. The molecule has 10 nitrogen and oxygen atoms in total. The second-order valence-corrected chi connectivity index (χ2v) is 27.3. The molecule has 0 radical (unpaired) electrons. The van der Waals surface area contributed by atoms with Crippen molar-refractivity contribution in [1.29, 1.82) is 5.26 Å². The van der Waals surface area contributed by atoms with Crippen LogP contribution in [0.25, 0.3) is 90.9 Å². The maximum atomic E-state index is 17.2. The Kier molecular flexibility index (Phi) is 22.4. The van der Waals surface area contributed by atoms with Crippen LogP contribution < -0.4 is 0 Å². The molecule has 0 fully saturated rings. The largest absolute Gasteiger partial charge is 0.465 e. The molecule has 0 aliphatic carbocycles. The number of nitrogens with zero attached hydrogens (tertiary/aromatic N) is 3. The van der Waals surface area contributed by atoms with E-state index in [0.29, 0.717) is 9.76 Å². The number of carbonyl (C=O) groups is 1. The fourth-order valence-corrected chi connectivity index (χ4v) is 14.8. The number of thioether (sulfide) groups is 5. The minimum absolute atomic E-state index is 0.0849. The van der Waals surface area contributed by atoms with Crippen molar-refractivity contribution in [2.45, 2.75) is 44.1 Å². The van der Waals surface area contributed by atoms with Gasteiger partial charge in [-0.3, -0.25) is 4.79 Å². The van der Waals surface area contributed by atoms with Gasteiger partial charge >= 0.3 is 5.97 Å². The average Bonchev–Trinajstić information content (AvgIpc) is 1.68. The molecule has 5 aromatic carbocycles. The molecule has 97 heavy (non-hydrogen) atoms. The van der Waals surface area contributed by atoms with Crippen LogP contribution in [0.2, 0.25) is 0 Å². The molecule has 5 N–H and O–H groups in total. The van der Waals surface area contributed by atoms with Gasteiger partial charge < -0.3 is 30.0 Å². The van der Waals surface area contributed by atoms with Crippen molar-refractivity contribution < 1.29 is 95.1 Å². The first-order valence-electron chi connectivity index (χ1n) is 28.1. The third-order valence-electron chi connectivity index (χ3n) is 14.6. The van der Waals surface area contributed by atoms with Gasteiger partial charge in [-0.2, -0.15) is 5.26 Å². The molecule has 0 amide bonds. The van der Waals surface area contributed by atoms with Crippen molar-refractivity contribution in [3.8, 4) is 50.6 Å². The summed E-state index contributed by atoms with van der Waals surface area (Å²) in [5.74, 6) is -37.2. The van der Waals surface area contributed by atoms with Crippen LogP contribution in [-0.4, -0.2) is 99.6 Å². The molecule has 0 saturated carbocycles. The Morgan fingerprint density at radius 3 is 1.03 bits per heavy atom. The normalized spacial score (nSPS) is 12.6. The third kappa shape index (κ3) is 13.9. The van der Waals surface area contributed by atoms with E-state index in [9.17, 15) is 25.4 Å². The number of hydrogen-bond donors (Lipinski definition) is 5. The maximum Gasteiger partial charge on any atom is 0.305 e. The summed E-state index contributed by atoms with van der Waals surface area (Å²) < 4.78 is 271. The van der Waals surface area contributed by atoms with Gasteiger partial charge in [0.25, 0.3) is 0 Å². The molecule has 0 spiro atoms. The highest BCUT2D eigenvalue weighted by molar-refractivity contribution is 8.24. The average molecular weight is 1470 g/mol. The highest BCUT2D eigenvalue weighted by Crippen LogP contribution is 2.48. The zero-order valence-electron chi connectivity index (χ0n) is 49.1. The Hall–Kier alpha value is -7.74. The van der Waals surface area contributed by atoms with E-state index >= 15 is 70.2 Å². The second kappa shape index (κ2) is 30.2. The molecule has 8 aromatic rings. The first-order valence-corrected chi connectivity index (χ1v) is 33.3. The summed E-state index contributed by atoms with van der Waals surface area (Å²) in [4.78, 5) is 21.2. The van der Waals surface area contributed by atoms with Crippen molar-refractivity contribution in [3.63, 3.8) is 0 Å². The number of benzene rings is 5. The SMILES string of the molecule is CC(C#N)(CCC(=O)OCCSc1c(F)c(F)c(-c2c3nc(c(-c4c(F)c(F)c(SCCO)c(F)c4F)c4ccc([nH]4)c(-c4c(F)c(F)c(SCCO)c(F)c4F)c4nc(c(-c5c(F)c(F)c(SCCO)c(F)c5F)c5ccc2[nH]5)C=C4)C=C3)c(F)c1F)SC(=S)c1ccccc1. The highest BCUT2D eigenvalue weighted by Gasteiger charge is 2.36. The lowest BCUT2D eigenvalue weighted by Gasteiger charge is -2.20. The van der Waals surface area contributed by atoms with E-state index in [0.717, 1.165) is 60.3 Å². The Labute approximate surface area is 564 Å². The van der Waals surface area contributed by atoms with Gasteiger partial charge in [-0.1, -0.05) is 54.3 Å². The van der Waals surface area contributed by atoms with Gasteiger partial charge in [0, 0.05) is 73.8 Å². The summed E-state index contributed by atoms with van der Waals surface area (Å²) in [6.07, 6.45) is 2.66. The number of carbonyl (C=O) groups excluding carboxylic acids is 1. The van der Waals surface area contributed by atoms with E-state index < -0.39 is 262 Å². The lowest BCUT2D eigenvalue weighted by atomic mass is 10.0. The molecule has 2 aliphatic rings. The van der Waals surface area contributed by atoms with E-state index in [4.69, 9.17) is 17.0 Å². The molecule has 0 saturated heterocycles. The molecule has 8 bridgehead atoms. The first-order chi connectivity index (χ1) is 46.3. The minimum Gasteiger partial charge on any atom is -0.465 e. The number of H-pyrrole nitrogens is 2. The summed E-state index contributed by atoms with van der Waals surface area (Å²) in [7, 11) is 0. The summed E-state index contributed by atoms with van der Waals surface area (Å²) in [5, 5.41) is 38.2. The number of aliphatic hydroxyl groups is 3. The predicted octanol–water partition coefficient (Wildman–Crippen LogP) is 17.6. The van der Waals surface area contributed by atoms with Crippen molar-refractivity contribution in [2.24, 2.45) is 0 Å². The van der Waals surface area contributed by atoms with Gasteiger partial charge in [-0.25, -0.2) is 80.2 Å². The quantitative estimate of drug-likeness (QED) is 0.0109. The van der Waals surface area contributed by atoms with Crippen molar-refractivity contribution in [3.05, 3.63) is 176 Å². The van der Waals surface area contributed by atoms with Crippen molar-refractivity contribution in [1.82, 2.24) is 19.9 Å². The van der Waals surface area contributed by atoms with Crippen LogP contribution >= 0.6 is 71.0 Å². The number of aliphatic hydroxyl groups excluding tert-OH is 3. The van der Waals surface area contributed by atoms with Crippen molar-refractivity contribution >= 4 is 128 Å². The van der Waals surface area contributed by atoms with Gasteiger partial charge in [0.05, 0.1) is 94.7 Å². The zero-order valence-corrected chi connectivity index (χ0v) is 54.0. The fourth-order valence-electron chi connectivity index (χ4n) is 10.2. The Morgan fingerprint density at radius 2 is 0.753 bits per heavy atom. The van der Waals surface area contributed by atoms with Crippen LogP contribution in [0.1, 0.15) is 48.1 Å². The van der Waals surface area contributed by atoms with Gasteiger partial charge in [-0.05, 0) is 67.5 Å². The number of fused-ring (bicyclic) bond motifs is 8. The third-order valence-corrected chi connectivity index (χ3v) is 20.4. The van der Waals surface area contributed by atoms with Crippen LogP contribution in [0.5, 0.6) is 0 Å². The lowest BCUT2D eigenvalue weighted by Crippen LogP contribution is -2.22. The summed E-state index contributed by atoms with van der Waals surface area (Å²) in [6, 6.07) is 14.0. The summed E-state index contributed by atoms with van der Waals surface area (Å²) in [6.45, 7) is -1.37. The van der Waals surface area contributed by atoms with Crippen LogP contribution in [-0.2, 0) is 9.53 Å². The number of aromatic nitrogens is 4. The Bertz CT molecular complexity index is 4650. The highest BCUT2D eigenvalue weighted by atomic mass is 32.2. The maximum absolute atomic E-state index is 17.2. The number of nitriles is 1. The number of aromatic amines is 2. The van der Waals surface area contributed by atoms with Gasteiger partial charge in [0.2, 0.25) is 0 Å². The molecule has 2 aliphatic heterocycles. The molecule has 504 valence electrons. The Morgan fingerprint density at radius 1 is 0.464 bits per heavy atom. The number of ether oxygens (including phenoxy) is 1. The number of hydrogen-bond acceptors (Lipinski definition) is 14. The van der Waals surface area contributed by atoms with E-state index in [-0.39, 0.29) is 59.9 Å². The molecule has 5 heterocycles. The van der Waals surface area contributed by atoms with E-state index in [2.05, 4.69) is 26.0 Å². The first kappa shape index (κ1) is 72.0. The smallest absolute Gasteiger partial charge is 0.305 e.